The number of benzene rings is 2. The minimum Gasteiger partial charge on any atom is -0.314 e. The van der Waals surface area contributed by atoms with Crippen LogP contribution in [0.15, 0.2) is 54.7 Å². The van der Waals surface area contributed by atoms with Gasteiger partial charge >= 0.3 is 6.03 Å². The van der Waals surface area contributed by atoms with Gasteiger partial charge in [0.25, 0.3) is 0 Å². The van der Waals surface area contributed by atoms with Crippen LogP contribution in [0.1, 0.15) is 23.6 Å². The first-order chi connectivity index (χ1) is 10.6. The highest BCUT2D eigenvalue weighted by molar-refractivity contribution is 5.95. The van der Waals surface area contributed by atoms with E-state index in [-0.39, 0.29) is 12.1 Å². The largest absolute Gasteiger partial charge is 0.326 e. The molecule has 1 unspecified atom stereocenters. The van der Waals surface area contributed by atoms with Gasteiger partial charge in [0.2, 0.25) is 0 Å². The van der Waals surface area contributed by atoms with Crippen molar-refractivity contribution in [3.63, 3.8) is 0 Å². The maximum Gasteiger partial charge on any atom is 0.326 e. The lowest BCUT2D eigenvalue weighted by molar-refractivity contribution is 0.248. The Balaban J connectivity index is 1.68. The van der Waals surface area contributed by atoms with E-state index in [0.29, 0.717) is 0 Å². The van der Waals surface area contributed by atoms with Crippen molar-refractivity contribution in [2.45, 2.75) is 26.3 Å². The van der Waals surface area contributed by atoms with Crippen molar-refractivity contribution in [1.82, 2.24) is 5.32 Å². The van der Waals surface area contributed by atoms with Crippen LogP contribution >= 0.6 is 0 Å². The van der Waals surface area contributed by atoms with Crippen molar-refractivity contribution in [1.29, 1.82) is 0 Å². The number of carbonyl (C=O) groups excluding carboxylic acids is 1. The minimum atomic E-state index is -0.0826. The van der Waals surface area contributed by atoms with Crippen molar-refractivity contribution in [3.05, 3.63) is 71.4 Å². The van der Waals surface area contributed by atoms with E-state index in [1.807, 2.05) is 41.3 Å². The molecule has 2 aromatic carbocycles. The molecule has 3 heteroatoms. The van der Waals surface area contributed by atoms with Gasteiger partial charge in [-0.15, -0.1) is 0 Å². The van der Waals surface area contributed by atoms with Crippen LogP contribution in [0.5, 0.6) is 0 Å². The number of amides is 2. The van der Waals surface area contributed by atoms with E-state index >= 15 is 0 Å². The SMILES string of the molecule is Cc1ccc(/C=C/NC(=O)N2c3ccccc3CC2C)cc1. The quantitative estimate of drug-likeness (QED) is 0.887. The zero-order chi connectivity index (χ0) is 15.5. The third-order valence-electron chi connectivity index (χ3n) is 3.99. The summed E-state index contributed by atoms with van der Waals surface area (Å²) in [5, 5.41) is 2.87. The highest BCUT2D eigenvalue weighted by Crippen LogP contribution is 2.31. The Kier molecular flexibility index (Phi) is 3.96. The lowest BCUT2D eigenvalue weighted by Crippen LogP contribution is -2.41. The summed E-state index contributed by atoms with van der Waals surface area (Å²) in [4.78, 5) is 14.3. The van der Waals surface area contributed by atoms with Crippen LogP contribution in [0.25, 0.3) is 6.08 Å². The summed E-state index contributed by atoms with van der Waals surface area (Å²) in [6.45, 7) is 4.13. The first-order valence-corrected chi connectivity index (χ1v) is 7.56. The number of carbonyl (C=O) groups is 1. The summed E-state index contributed by atoms with van der Waals surface area (Å²) in [5.74, 6) is 0. The van der Waals surface area contributed by atoms with Gasteiger partial charge < -0.3 is 5.32 Å². The van der Waals surface area contributed by atoms with Gasteiger partial charge in [-0.3, -0.25) is 4.90 Å². The zero-order valence-electron chi connectivity index (χ0n) is 12.9. The van der Waals surface area contributed by atoms with Crippen molar-refractivity contribution in [2.24, 2.45) is 0 Å². The van der Waals surface area contributed by atoms with E-state index in [9.17, 15) is 4.79 Å². The highest BCUT2D eigenvalue weighted by atomic mass is 16.2. The van der Waals surface area contributed by atoms with E-state index in [4.69, 9.17) is 0 Å². The third-order valence-corrected chi connectivity index (χ3v) is 3.99. The number of hydrogen-bond donors (Lipinski definition) is 1. The van der Waals surface area contributed by atoms with E-state index in [1.54, 1.807) is 6.20 Å². The molecule has 1 aliphatic rings. The van der Waals surface area contributed by atoms with E-state index in [2.05, 4.69) is 37.4 Å². The lowest BCUT2D eigenvalue weighted by Gasteiger charge is -2.22. The Morgan fingerprint density at radius 1 is 1.18 bits per heavy atom. The van der Waals surface area contributed by atoms with Gasteiger partial charge in [-0.1, -0.05) is 48.0 Å². The molecule has 1 heterocycles. The Morgan fingerprint density at radius 2 is 1.91 bits per heavy atom. The number of anilines is 1. The first-order valence-electron chi connectivity index (χ1n) is 7.56. The van der Waals surface area contributed by atoms with Crippen LogP contribution in [0.4, 0.5) is 10.5 Å². The second-order valence-corrected chi connectivity index (χ2v) is 5.75. The molecule has 0 bridgehead atoms. The molecule has 1 atom stereocenters. The van der Waals surface area contributed by atoms with E-state index < -0.39 is 0 Å². The Bertz CT molecular complexity index is 704. The average molecular weight is 292 g/mol. The van der Waals surface area contributed by atoms with Crippen LogP contribution in [0, 0.1) is 6.92 Å². The van der Waals surface area contributed by atoms with E-state index in [0.717, 1.165) is 17.7 Å². The monoisotopic (exact) mass is 292 g/mol. The van der Waals surface area contributed by atoms with Gasteiger partial charge in [0.1, 0.15) is 0 Å². The number of nitrogens with zero attached hydrogens (tertiary/aromatic N) is 1. The van der Waals surface area contributed by atoms with Crippen molar-refractivity contribution >= 4 is 17.8 Å². The maximum atomic E-state index is 12.4. The molecular formula is C19H20N2O. The second-order valence-electron chi connectivity index (χ2n) is 5.75. The number of fused-ring (bicyclic) bond motifs is 1. The van der Waals surface area contributed by atoms with Crippen molar-refractivity contribution < 1.29 is 4.79 Å². The average Bonchev–Trinajstić information content (AvgIpc) is 2.85. The second kappa shape index (κ2) is 6.06. The molecule has 22 heavy (non-hydrogen) atoms. The summed E-state index contributed by atoms with van der Waals surface area (Å²) in [7, 11) is 0. The summed E-state index contributed by atoms with van der Waals surface area (Å²) in [5.41, 5.74) is 4.54. The van der Waals surface area contributed by atoms with Gasteiger partial charge in [0, 0.05) is 17.9 Å². The van der Waals surface area contributed by atoms with Crippen LogP contribution in [-0.2, 0) is 6.42 Å². The zero-order valence-corrected chi connectivity index (χ0v) is 12.9. The fourth-order valence-corrected chi connectivity index (χ4v) is 2.83. The Hall–Kier alpha value is -2.55. The fraction of sp³-hybridized carbons (Fsp3) is 0.211. The molecule has 0 aromatic heterocycles. The van der Waals surface area contributed by atoms with Crippen LogP contribution in [0.3, 0.4) is 0 Å². The molecule has 0 saturated heterocycles. The summed E-state index contributed by atoms with van der Waals surface area (Å²) in [6, 6.07) is 16.4. The molecule has 3 nitrogen and oxygen atoms in total. The van der Waals surface area contributed by atoms with Crippen molar-refractivity contribution in [3.8, 4) is 0 Å². The minimum absolute atomic E-state index is 0.0826. The van der Waals surface area contributed by atoms with Crippen LogP contribution in [0.2, 0.25) is 0 Å². The molecule has 0 fully saturated rings. The molecular weight excluding hydrogens is 272 g/mol. The summed E-state index contributed by atoms with van der Waals surface area (Å²) in [6.07, 6.45) is 4.52. The van der Waals surface area contributed by atoms with Crippen molar-refractivity contribution in [2.75, 3.05) is 4.90 Å². The fourth-order valence-electron chi connectivity index (χ4n) is 2.83. The summed E-state index contributed by atoms with van der Waals surface area (Å²) >= 11 is 0. The smallest absolute Gasteiger partial charge is 0.314 e. The molecule has 0 radical (unpaired) electrons. The maximum absolute atomic E-state index is 12.4. The molecule has 0 aliphatic carbocycles. The van der Waals surface area contributed by atoms with Gasteiger partial charge in [0.05, 0.1) is 0 Å². The molecule has 2 aromatic rings. The van der Waals surface area contributed by atoms with E-state index in [1.165, 1.54) is 11.1 Å². The first kappa shape index (κ1) is 14.4. The number of rotatable bonds is 2. The van der Waals surface area contributed by atoms with Gasteiger partial charge in [-0.25, -0.2) is 4.79 Å². The van der Waals surface area contributed by atoms with Crippen LogP contribution < -0.4 is 10.2 Å². The predicted molar refractivity (Wildman–Crippen MR) is 90.8 cm³/mol. The highest BCUT2D eigenvalue weighted by Gasteiger charge is 2.29. The standard InChI is InChI=1S/C19H20N2O/c1-14-7-9-16(10-8-14)11-12-20-19(22)21-15(2)13-17-5-3-4-6-18(17)21/h3-12,15H,13H2,1-2H3,(H,20,22)/b12-11+. The Morgan fingerprint density at radius 3 is 2.68 bits per heavy atom. The lowest BCUT2D eigenvalue weighted by atomic mass is 10.1. The van der Waals surface area contributed by atoms with Crippen LogP contribution in [-0.4, -0.2) is 12.1 Å². The number of aryl methyl sites for hydroxylation is 1. The van der Waals surface area contributed by atoms with Gasteiger partial charge in [0.15, 0.2) is 0 Å². The number of urea groups is 1. The molecule has 1 aliphatic heterocycles. The summed E-state index contributed by atoms with van der Waals surface area (Å²) < 4.78 is 0. The third kappa shape index (κ3) is 2.89. The number of hydrogen-bond acceptors (Lipinski definition) is 1. The van der Waals surface area contributed by atoms with Gasteiger partial charge in [-0.05, 0) is 43.5 Å². The molecule has 2 amide bonds. The molecule has 3 rings (SSSR count). The molecule has 0 saturated carbocycles. The Labute approximate surface area is 131 Å². The molecule has 112 valence electrons. The topological polar surface area (TPSA) is 32.3 Å². The van der Waals surface area contributed by atoms with Gasteiger partial charge in [-0.2, -0.15) is 0 Å². The number of para-hydroxylation sites is 1. The normalized spacial score (nSPS) is 16.8. The predicted octanol–water partition coefficient (Wildman–Crippen LogP) is 4.13. The molecule has 1 N–H and O–H groups in total. The number of nitrogens with one attached hydrogen (secondary N) is 1. The molecule has 0 spiro atoms.